The van der Waals surface area contributed by atoms with Gasteiger partial charge in [-0.25, -0.2) is 0 Å². The van der Waals surface area contributed by atoms with Crippen LogP contribution in [0.4, 0.5) is 0 Å². The predicted molar refractivity (Wildman–Crippen MR) is 94.4 cm³/mol. The first-order valence-electron chi connectivity index (χ1n) is 8.32. The fourth-order valence-corrected chi connectivity index (χ4v) is 4.25. The van der Waals surface area contributed by atoms with Gasteiger partial charge in [-0.1, -0.05) is 52.8 Å². The van der Waals surface area contributed by atoms with Gasteiger partial charge < -0.3 is 10.2 Å². The van der Waals surface area contributed by atoms with Crippen LogP contribution in [0.5, 0.6) is 11.5 Å². The Balaban J connectivity index is 2.22. The van der Waals surface area contributed by atoms with Gasteiger partial charge in [0.15, 0.2) is 0 Å². The number of phenols is 2. The van der Waals surface area contributed by atoms with Gasteiger partial charge in [-0.3, -0.25) is 0 Å². The van der Waals surface area contributed by atoms with Crippen molar-refractivity contribution in [3.05, 3.63) is 58.7 Å². The third-order valence-corrected chi connectivity index (χ3v) is 5.41. The van der Waals surface area contributed by atoms with Crippen LogP contribution in [-0.4, -0.2) is 10.2 Å². The lowest BCUT2D eigenvalue weighted by Crippen LogP contribution is -2.23. The monoisotopic (exact) mass is 310 g/mol. The van der Waals surface area contributed by atoms with Crippen molar-refractivity contribution in [1.29, 1.82) is 0 Å². The molecular formula is C21H26O2. The summed E-state index contributed by atoms with van der Waals surface area (Å²) in [6.07, 6.45) is 0.987. The molecule has 0 bridgehead atoms. The number of rotatable bonds is 2. The molecule has 0 saturated heterocycles. The molecule has 2 aromatic rings. The summed E-state index contributed by atoms with van der Waals surface area (Å²) < 4.78 is 0. The molecule has 0 radical (unpaired) electrons. The number of phenolic OH excluding ortho intramolecular Hbond substituents is 2. The van der Waals surface area contributed by atoms with Crippen LogP contribution in [-0.2, 0) is 10.8 Å². The van der Waals surface area contributed by atoms with Gasteiger partial charge in [0.1, 0.15) is 11.5 Å². The van der Waals surface area contributed by atoms with E-state index in [2.05, 4.69) is 40.7 Å². The Labute approximate surface area is 138 Å². The lowest BCUT2D eigenvalue weighted by atomic mass is 9.75. The van der Waals surface area contributed by atoms with E-state index in [1.807, 2.05) is 18.2 Å². The molecule has 23 heavy (non-hydrogen) atoms. The molecule has 0 fully saturated rings. The van der Waals surface area contributed by atoms with Gasteiger partial charge in [0.25, 0.3) is 0 Å². The van der Waals surface area contributed by atoms with Crippen LogP contribution in [0.3, 0.4) is 0 Å². The van der Waals surface area contributed by atoms with Gasteiger partial charge in [0, 0.05) is 5.41 Å². The van der Waals surface area contributed by atoms with Gasteiger partial charge in [-0.05, 0) is 58.2 Å². The first kappa shape index (κ1) is 15.9. The molecule has 2 N–H and O–H groups in total. The van der Waals surface area contributed by atoms with Crippen molar-refractivity contribution < 1.29 is 10.2 Å². The summed E-state index contributed by atoms with van der Waals surface area (Å²) in [5.74, 6) is 0.978. The second kappa shape index (κ2) is 5.02. The fourth-order valence-electron chi connectivity index (χ4n) is 4.25. The summed E-state index contributed by atoms with van der Waals surface area (Å²) in [5.41, 5.74) is 4.63. The predicted octanol–water partition coefficient (Wildman–Crippen LogP) is 5.21. The van der Waals surface area contributed by atoms with E-state index in [-0.39, 0.29) is 16.6 Å². The van der Waals surface area contributed by atoms with Crippen LogP contribution < -0.4 is 0 Å². The summed E-state index contributed by atoms with van der Waals surface area (Å²) in [5, 5.41) is 20.1. The molecule has 2 heteroatoms. The van der Waals surface area contributed by atoms with Crippen LogP contribution in [0.25, 0.3) is 0 Å². The molecule has 122 valence electrons. The van der Waals surface area contributed by atoms with E-state index in [0.717, 1.165) is 12.0 Å². The highest BCUT2D eigenvalue weighted by atomic mass is 16.3. The summed E-state index contributed by atoms with van der Waals surface area (Å²) >= 11 is 0. The van der Waals surface area contributed by atoms with Gasteiger partial charge in [0.05, 0.1) is 0 Å². The molecule has 1 unspecified atom stereocenters. The van der Waals surface area contributed by atoms with E-state index in [1.165, 1.54) is 16.7 Å². The van der Waals surface area contributed by atoms with E-state index < -0.39 is 0 Å². The molecule has 0 spiro atoms. The Morgan fingerprint density at radius 2 is 1.52 bits per heavy atom. The highest BCUT2D eigenvalue weighted by Gasteiger charge is 2.46. The molecule has 1 aliphatic carbocycles. The third kappa shape index (κ3) is 2.41. The Morgan fingerprint density at radius 1 is 0.913 bits per heavy atom. The largest absolute Gasteiger partial charge is 0.508 e. The zero-order chi connectivity index (χ0) is 17.0. The minimum Gasteiger partial charge on any atom is -0.508 e. The number of fused-ring (bicyclic) bond motifs is 1. The summed E-state index contributed by atoms with van der Waals surface area (Å²) in [7, 11) is 0. The first-order chi connectivity index (χ1) is 10.6. The molecule has 2 aromatic carbocycles. The molecule has 0 saturated carbocycles. The highest BCUT2D eigenvalue weighted by molar-refractivity contribution is 5.57. The van der Waals surface area contributed by atoms with E-state index in [0.29, 0.717) is 11.7 Å². The van der Waals surface area contributed by atoms with E-state index >= 15 is 0 Å². The standard InChI is InChI=1S/C21H26O2/c1-13(2)16-10-17-18(11-19(16)23)21(5,12-20(17,3)4)14-6-8-15(22)9-7-14/h6-11,13,22-23H,12H2,1-5H3. The average Bonchev–Trinajstić information content (AvgIpc) is 2.65. The van der Waals surface area contributed by atoms with E-state index in [4.69, 9.17) is 0 Å². The second-order valence-electron chi connectivity index (χ2n) is 8.05. The normalized spacial score (nSPS) is 22.3. The topological polar surface area (TPSA) is 40.5 Å². The minimum absolute atomic E-state index is 0.0549. The summed E-state index contributed by atoms with van der Waals surface area (Å²) in [6.45, 7) is 11.0. The zero-order valence-corrected chi connectivity index (χ0v) is 14.6. The van der Waals surface area contributed by atoms with Crippen molar-refractivity contribution in [3.63, 3.8) is 0 Å². The lowest BCUT2D eigenvalue weighted by molar-refractivity contribution is 0.423. The average molecular weight is 310 g/mol. The maximum absolute atomic E-state index is 10.5. The van der Waals surface area contributed by atoms with Crippen LogP contribution >= 0.6 is 0 Å². The molecule has 3 rings (SSSR count). The maximum Gasteiger partial charge on any atom is 0.119 e. The summed E-state index contributed by atoms with van der Waals surface area (Å²) in [6, 6.07) is 11.6. The SMILES string of the molecule is CC(C)c1cc2c(cc1O)C(C)(c1ccc(O)cc1)CC2(C)C. The first-order valence-corrected chi connectivity index (χ1v) is 8.32. The van der Waals surface area contributed by atoms with Crippen molar-refractivity contribution in [2.45, 2.75) is 57.8 Å². The molecular weight excluding hydrogens is 284 g/mol. The Morgan fingerprint density at radius 3 is 2.09 bits per heavy atom. The fraction of sp³-hybridized carbons (Fsp3) is 0.429. The smallest absolute Gasteiger partial charge is 0.119 e. The van der Waals surface area contributed by atoms with Crippen molar-refractivity contribution in [1.82, 2.24) is 0 Å². The molecule has 0 heterocycles. The molecule has 1 aliphatic rings. The van der Waals surface area contributed by atoms with Gasteiger partial charge >= 0.3 is 0 Å². The van der Waals surface area contributed by atoms with Crippen molar-refractivity contribution in [2.75, 3.05) is 0 Å². The molecule has 0 aliphatic heterocycles. The molecule has 0 aromatic heterocycles. The maximum atomic E-state index is 10.5. The number of hydrogen-bond acceptors (Lipinski definition) is 2. The van der Waals surface area contributed by atoms with Crippen molar-refractivity contribution in [2.24, 2.45) is 0 Å². The third-order valence-electron chi connectivity index (χ3n) is 5.41. The van der Waals surface area contributed by atoms with Gasteiger partial charge in [-0.15, -0.1) is 0 Å². The van der Waals surface area contributed by atoms with Gasteiger partial charge in [-0.2, -0.15) is 0 Å². The van der Waals surface area contributed by atoms with Crippen LogP contribution in [0, 0.1) is 0 Å². The molecule has 2 nitrogen and oxygen atoms in total. The zero-order valence-electron chi connectivity index (χ0n) is 14.6. The Bertz CT molecular complexity index is 741. The van der Waals surface area contributed by atoms with Crippen molar-refractivity contribution >= 4 is 0 Å². The second-order valence-corrected chi connectivity index (χ2v) is 8.05. The number of aromatic hydroxyl groups is 2. The van der Waals surface area contributed by atoms with Crippen LogP contribution in [0.15, 0.2) is 36.4 Å². The lowest BCUT2D eigenvalue weighted by Gasteiger charge is -2.28. The van der Waals surface area contributed by atoms with E-state index in [9.17, 15) is 10.2 Å². The minimum atomic E-state index is -0.153. The highest BCUT2D eigenvalue weighted by Crippen LogP contribution is 2.54. The Kier molecular flexibility index (Phi) is 3.47. The van der Waals surface area contributed by atoms with Crippen molar-refractivity contribution in [3.8, 4) is 11.5 Å². The van der Waals surface area contributed by atoms with E-state index in [1.54, 1.807) is 12.1 Å². The quantitative estimate of drug-likeness (QED) is 0.799. The van der Waals surface area contributed by atoms with Crippen LogP contribution in [0.2, 0.25) is 0 Å². The van der Waals surface area contributed by atoms with Crippen LogP contribution in [0.1, 0.15) is 69.2 Å². The van der Waals surface area contributed by atoms with Gasteiger partial charge in [0.2, 0.25) is 0 Å². The number of benzene rings is 2. The number of hydrogen-bond donors (Lipinski definition) is 2. The Hall–Kier alpha value is -1.96. The molecule has 1 atom stereocenters. The summed E-state index contributed by atoms with van der Waals surface area (Å²) in [4.78, 5) is 0. The molecule has 0 amide bonds.